The third kappa shape index (κ3) is 8.29. The van der Waals surface area contributed by atoms with Crippen molar-refractivity contribution < 1.29 is 13.9 Å². The molecule has 0 heterocycles. The number of hydrogen-bond donors (Lipinski definition) is 0. The summed E-state index contributed by atoms with van der Waals surface area (Å²) in [5, 5.41) is 5.94. The Kier molecular flexibility index (Phi) is 12.4. The molecule has 0 aliphatic rings. The van der Waals surface area contributed by atoms with Gasteiger partial charge >= 0.3 is 40.8 Å². The summed E-state index contributed by atoms with van der Waals surface area (Å²) in [5.74, 6) is 0. The van der Waals surface area contributed by atoms with Gasteiger partial charge in [0.2, 0.25) is 0 Å². The molecule has 168 valence electrons. The first-order chi connectivity index (χ1) is 15.8. The molecule has 4 aromatic rings. The quantitative estimate of drug-likeness (QED) is 0.135. The first-order valence-electron chi connectivity index (χ1n) is 10.4. The Labute approximate surface area is 216 Å². The van der Waals surface area contributed by atoms with Crippen LogP contribution < -0.4 is 21.2 Å². The van der Waals surface area contributed by atoms with Gasteiger partial charge in [0, 0.05) is 0 Å². The molecule has 32 heavy (non-hydrogen) atoms. The van der Waals surface area contributed by atoms with E-state index in [9.17, 15) is 0 Å². The summed E-state index contributed by atoms with van der Waals surface area (Å²) in [5.41, 5.74) is 0. The molecule has 0 radical (unpaired) electrons. The Morgan fingerprint density at radius 2 is 0.656 bits per heavy atom. The van der Waals surface area contributed by atoms with Crippen LogP contribution in [0.3, 0.4) is 0 Å². The molecule has 4 aromatic carbocycles. The van der Waals surface area contributed by atoms with Gasteiger partial charge in [0.05, 0.1) is 0 Å². The monoisotopic (exact) mass is 676 g/mol. The minimum absolute atomic E-state index is 0.309. The fraction of sp³-hybridized carbons (Fsp3) is 0.111. The normalized spacial score (nSPS) is 10.8. The van der Waals surface area contributed by atoms with Crippen molar-refractivity contribution >= 4 is 63.9 Å². The van der Waals surface area contributed by atoms with E-state index in [0.717, 1.165) is 0 Å². The molecule has 0 saturated heterocycles. The predicted molar refractivity (Wildman–Crippen MR) is 150 cm³/mol. The number of benzene rings is 4. The van der Waals surface area contributed by atoms with Gasteiger partial charge < -0.3 is 0 Å². The molecule has 4 rings (SSSR count). The Bertz CT molecular complexity index is 841. The van der Waals surface area contributed by atoms with E-state index in [1.54, 1.807) is 0 Å². The minimum atomic E-state index is -0.309. The van der Waals surface area contributed by atoms with E-state index in [-0.39, 0.29) is 15.8 Å². The standard InChI is InChI=1S/C27H26P2.2BrH.Pd/c1-5-14-24(15-6-1)28(25-16-7-2-8-17-25)22-13-23-29(26-18-9-3-10-19-26)27-20-11-4-12-21-27;;;/h1-12,14-21H,13,22-23H2;2*1H;/q;;;+2/p-2. The average Bonchev–Trinajstić information content (AvgIpc) is 2.87. The largest absolute Gasteiger partial charge is 0.0622 e. The Morgan fingerprint density at radius 3 is 0.875 bits per heavy atom. The Morgan fingerprint density at radius 1 is 0.438 bits per heavy atom. The number of rotatable bonds is 8. The van der Waals surface area contributed by atoms with Crippen LogP contribution in [0.5, 0.6) is 0 Å². The van der Waals surface area contributed by atoms with Gasteiger partial charge in [-0.2, -0.15) is 0 Å². The zero-order chi connectivity index (χ0) is 22.4. The predicted octanol–water partition coefficient (Wildman–Crippen LogP) is 7.33. The van der Waals surface area contributed by atoms with Crippen molar-refractivity contribution in [1.82, 2.24) is 0 Å². The van der Waals surface area contributed by atoms with Crippen LogP contribution in [0.25, 0.3) is 0 Å². The summed E-state index contributed by atoms with van der Waals surface area (Å²) in [7, 11) is -0.618. The third-order valence-electron chi connectivity index (χ3n) is 5.03. The van der Waals surface area contributed by atoms with Crippen LogP contribution in [-0.4, -0.2) is 12.3 Å². The SMILES string of the molecule is [Br][Pd][Br].c1ccc(P(CCCP(c2ccccc2)c2ccccc2)c2ccccc2)cc1. The van der Waals surface area contributed by atoms with Gasteiger partial charge in [0.1, 0.15) is 0 Å². The fourth-order valence-corrected chi connectivity index (χ4v) is 8.59. The van der Waals surface area contributed by atoms with Crippen molar-refractivity contribution in [3.05, 3.63) is 121 Å². The molecular weight excluding hydrogens is 652 g/mol. The van der Waals surface area contributed by atoms with Crippen molar-refractivity contribution in [2.24, 2.45) is 0 Å². The average molecular weight is 679 g/mol. The van der Waals surface area contributed by atoms with Crippen LogP contribution in [-0.2, 0) is 13.9 Å². The second kappa shape index (κ2) is 15.3. The van der Waals surface area contributed by atoms with Gasteiger partial charge in [-0.25, -0.2) is 0 Å². The van der Waals surface area contributed by atoms with E-state index in [4.69, 9.17) is 0 Å². The second-order valence-corrected chi connectivity index (χ2v) is 18.9. The molecule has 0 amide bonds. The maximum atomic E-state index is 3.11. The van der Waals surface area contributed by atoms with Gasteiger partial charge in [0.25, 0.3) is 0 Å². The summed E-state index contributed by atoms with van der Waals surface area (Å²) < 4.78 is 0. The molecule has 0 bridgehead atoms. The maximum absolute atomic E-state index is 3.11. The minimum Gasteiger partial charge on any atom is -0.0622 e. The van der Waals surface area contributed by atoms with Crippen LogP contribution in [0, 0.1) is 0 Å². The molecule has 0 fully saturated rings. The summed E-state index contributed by atoms with van der Waals surface area (Å²) in [4.78, 5) is 0. The van der Waals surface area contributed by atoms with Gasteiger partial charge in [-0.1, -0.05) is 121 Å². The van der Waals surface area contributed by atoms with E-state index < -0.39 is 0 Å². The van der Waals surface area contributed by atoms with Gasteiger partial charge in [-0.05, 0) is 55.8 Å². The van der Waals surface area contributed by atoms with Crippen LogP contribution in [0.1, 0.15) is 6.42 Å². The number of halogens is 2. The van der Waals surface area contributed by atoms with Gasteiger partial charge in [0.15, 0.2) is 0 Å². The van der Waals surface area contributed by atoms with Crippen molar-refractivity contribution in [2.75, 3.05) is 12.3 Å². The van der Waals surface area contributed by atoms with Crippen molar-refractivity contribution in [3.63, 3.8) is 0 Å². The molecule has 0 aliphatic carbocycles. The topological polar surface area (TPSA) is 0 Å². The molecule has 0 N–H and O–H groups in total. The molecule has 0 unspecified atom stereocenters. The molecule has 0 nitrogen and oxygen atoms in total. The summed E-state index contributed by atoms with van der Waals surface area (Å²) in [6, 6.07) is 44.3. The zero-order valence-electron chi connectivity index (χ0n) is 17.6. The number of hydrogen-bond acceptors (Lipinski definition) is 0. The van der Waals surface area contributed by atoms with E-state index in [0.29, 0.717) is 13.9 Å². The molecule has 0 saturated carbocycles. The first kappa shape index (κ1) is 26.0. The van der Waals surface area contributed by atoms with Crippen LogP contribution in [0.15, 0.2) is 121 Å². The van der Waals surface area contributed by atoms with Crippen molar-refractivity contribution in [2.45, 2.75) is 6.42 Å². The van der Waals surface area contributed by atoms with Gasteiger partial charge in [-0.15, -0.1) is 0 Å². The third-order valence-corrected chi connectivity index (χ3v) is 10.2. The molecular formula is C27H26Br2P2Pd. The van der Waals surface area contributed by atoms with Crippen LogP contribution in [0.2, 0.25) is 0 Å². The van der Waals surface area contributed by atoms with E-state index in [1.807, 2.05) is 0 Å². The zero-order valence-corrected chi connectivity index (χ0v) is 24.2. The molecule has 0 atom stereocenters. The summed E-state index contributed by atoms with van der Waals surface area (Å²) in [6.07, 6.45) is 3.72. The van der Waals surface area contributed by atoms with Gasteiger partial charge in [-0.3, -0.25) is 0 Å². The molecule has 0 spiro atoms. The second-order valence-electron chi connectivity index (χ2n) is 7.04. The van der Waals surface area contributed by atoms with E-state index in [2.05, 4.69) is 148 Å². The Balaban J connectivity index is 0.000000913. The maximum Gasteiger partial charge on any atom is -0.0195 e. The van der Waals surface area contributed by atoms with E-state index in [1.165, 1.54) is 40.0 Å². The first-order valence-corrected chi connectivity index (χ1v) is 20.6. The van der Waals surface area contributed by atoms with Crippen molar-refractivity contribution in [3.8, 4) is 0 Å². The van der Waals surface area contributed by atoms with Crippen LogP contribution in [0.4, 0.5) is 0 Å². The summed E-state index contributed by atoms with van der Waals surface area (Å²) in [6.45, 7) is 0. The Hall–Kier alpha value is -0.638. The smallest absolute Gasteiger partial charge is 0.0195 e. The summed E-state index contributed by atoms with van der Waals surface area (Å²) >= 11 is 6.80. The van der Waals surface area contributed by atoms with E-state index >= 15 is 0 Å². The molecule has 5 heteroatoms. The van der Waals surface area contributed by atoms with Crippen molar-refractivity contribution in [1.29, 1.82) is 0 Å². The van der Waals surface area contributed by atoms with Crippen LogP contribution >= 0.6 is 42.7 Å². The molecule has 0 aliphatic heterocycles. The molecule has 0 aromatic heterocycles. The fourth-order valence-electron chi connectivity index (χ4n) is 3.63.